The van der Waals surface area contributed by atoms with Gasteiger partial charge in [0, 0.05) is 18.5 Å². The molecule has 0 unspecified atom stereocenters. The molecule has 1 amide bonds. The minimum absolute atomic E-state index is 0.0719. The Morgan fingerprint density at radius 3 is 2.89 bits per heavy atom. The number of oxime groups is 1. The van der Waals surface area contributed by atoms with E-state index in [1.54, 1.807) is 12.1 Å². The third-order valence-corrected chi connectivity index (χ3v) is 3.52. The lowest BCUT2D eigenvalue weighted by molar-refractivity contribution is -0.122. The quantitative estimate of drug-likeness (QED) is 0.325. The molecular formula is C14H19N3O2. The average molecular weight is 261 g/mol. The van der Waals surface area contributed by atoms with E-state index in [0.29, 0.717) is 24.4 Å². The van der Waals surface area contributed by atoms with Gasteiger partial charge >= 0.3 is 0 Å². The van der Waals surface area contributed by atoms with Gasteiger partial charge in [-0.15, -0.1) is 0 Å². The highest BCUT2D eigenvalue weighted by Gasteiger charge is 2.20. The summed E-state index contributed by atoms with van der Waals surface area (Å²) in [5.74, 6) is 0.741. The number of hydrogen-bond donors (Lipinski definition) is 3. The molecule has 5 heteroatoms. The SMILES string of the molecule is N/C(=N/O)c1cccc(CNC(=O)CC2CCC2)c1. The van der Waals surface area contributed by atoms with Crippen molar-refractivity contribution >= 4 is 11.7 Å². The van der Waals surface area contributed by atoms with Crippen LogP contribution in [0.3, 0.4) is 0 Å². The van der Waals surface area contributed by atoms with Crippen LogP contribution in [-0.2, 0) is 11.3 Å². The van der Waals surface area contributed by atoms with Crippen molar-refractivity contribution in [3.8, 4) is 0 Å². The van der Waals surface area contributed by atoms with E-state index in [2.05, 4.69) is 10.5 Å². The lowest BCUT2D eigenvalue weighted by Crippen LogP contribution is -2.27. The van der Waals surface area contributed by atoms with E-state index < -0.39 is 0 Å². The maximum atomic E-state index is 11.7. The molecule has 1 fully saturated rings. The molecule has 1 aliphatic carbocycles. The van der Waals surface area contributed by atoms with Crippen LogP contribution in [0.15, 0.2) is 29.4 Å². The van der Waals surface area contributed by atoms with Gasteiger partial charge in [0.1, 0.15) is 0 Å². The molecule has 1 saturated carbocycles. The van der Waals surface area contributed by atoms with Gasteiger partial charge in [-0.3, -0.25) is 4.79 Å². The van der Waals surface area contributed by atoms with Crippen molar-refractivity contribution in [2.24, 2.45) is 16.8 Å². The summed E-state index contributed by atoms with van der Waals surface area (Å²) in [4.78, 5) is 11.7. The van der Waals surface area contributed by atoms with E-state index in [1.807, 2.05) is 12.1 Å². The number of amidine groups is 1. The Morgan fingerprint density at radius 2 is 2.26 bits per heavy atom. The van der Waals surface area contributed by atoms with Crippen LogP contribution in [0.2, 0.25) is 0 Å². The van der Waals surface area contributed by atoms with Crippen LogP contribution in [0.25, 0.3) is 0 Å². The first-order valence-electron chi connectivity index (χ1n) is 6.52. The standard InChI is InChI=1S/C14H19N3O2/c15-14(17-19)12-6-2-5-11(7-12)9-16-13(18)8-10-3-1-4-10/h2,5-7,10,19H,1,3-4,8-9H2,(H2,15,17)(H,16,18). The van der Waals surface area contributed by atoms with Crippen molar-refractivity contribution in [2.75, 3.05) is 0 Å². The molecule has 102 valence electrons. The van der Waals surface area contributed by atoms with Crippen molar-refractivity contribution < 1.29 is 10.0 Å². The van der Waals surface area contributed by atoms with Gasteiger partial charge < -0.3 is 16.3 Å². The fraction of sp³-hybridized carbons (Fsp3) is 0.429. The predicted molar refractivity (Wildman–Crippen MR) is 72.8 cm³/mol. The Morgan fingerprint density at radius 1 is 1.47 bits per heavy atom. The number of carbonyl (C=O) groups excluding carboxylic acids is 1. The average Bonchev–Trinajstić information content (AvgIpc) is 2.40. The number of nitrogens with one attached hydrogen (secondary N) is 1. The highest BCUT2D eigenvalue weighted by atomic mass is 16.4. The molecule has 0 atom stereocenters. The molecule has 0 heterocycles. The van der Waals surface area contributed by atoms with Gasteiger partial charge in [0.05, 0.1) is 0 Å². The van der Waals surface area contributed by atoms with Crippen LogP contribution in [0, 0.1) is 5.92 Å². The molecule has 4 N–H and O–H groups in total. The Labute approximate surface area is 112 Å². The monoisotopic (exact) mass is 261 g/mol. The third-order valence-electron chi connectivity index (χ3n) is 3.52. The van der Waals surface area contributed by atoms with Gasteiger partial charge in [-0.1, -0.05) is 29.8 Å². The van der Waals surface area contributed by atoms with Crippen molar-refractivity contribution in [2.45, 2.75) is 32.2 Å². The summed E-state index contributed by atoms with van der Waals surface area (Å²) in [7, 11) is 0. The van der Waals surface area contributed by atoms with E-state index in [1.165, 1.54) is 19.3 Å². The van der Waals surface area contributed by atoms with Crippen LogP contribution in [0.5, 0.6) is 0 Å². The normalized spacial score (nSPS) is 15.9. The number of hydrogen-bond acceptors (Lipinski definition) is 3. The van der Waals surface area contributed by atoms with E-state index >= 15 is 0 Å². The van der Waals surface area contributed by atoms with Gasteiger partial charge in [-0.25, -0.2) is 0 Å². The summed E-state index contributed by atoms with van der Waals surface area (Å²) >= 11 is 0. The summed E-state index contributed by atoms with van der Waals surface area (Å²) < 4.78 is 0. The Kier molecular flexibility index (Phi) is 4.39. The highest BCUT2D eigenvalue weighted by Crippen LogP contribution is 2.29. The van der Waals surface area contributed by atoms with Gasteiger partial charge in [0.25, 0.3) is 0 Å². The summed E-state index contributed by atoms with van der Waals surface area (Å²) in [6, 6.07) is 7.28. The first-order valence-corrected chi connectivity index (χ1v) is 6.52. The van der Waals surface area contributed by atoms with Gasteiger partial charge in [0.15, 0.2) is 5.84 Å². The topological polar surface area (TPSA) is 87.7 Å². The summed E-state index contributed by atoms with van der Waals surface area (Å²) in [5.41, 5.74) is 7.11. The second kappa shape index (κ2) is 6.22. The summed E-state index contributed by atoms with van der Waals surface area (Å²) in [6.45, 7) is 0.470. The number of nitrogens with zero attached hydrogens (tertiary/aromatic N) is 1. The zero-order valence-corrected chi connectivity index (χ0v) is 10.8. The molecule has 0 spiro atoms. The van der Waals surface area contributed by atoms with Gasteiger partial charge in [-0.05, 0) is 30.4 Å². The number of carbonyl (C=O) groups is 1. The number of nitrogens with two attached hydrogens (primary N) is 1. The second-order valence-electron chi connectivity index (χ2n) is 4.96. The van der Waals surface area contributed by atoms with Crippen molar-refractivity contribution in [3.05, 3.63) is 35.4 Å². The predicted octanol–water partition coefficient (Wildman–Crippen LogP) is 1.59. The lowest BCUT2D eigenvalue weighted by Gasteiger charge is -2.24. The molecule has 5 nitrogen and oxygen atoms in total. The maximum absolute atomic E-state index is 11.7. The highest BCUT2D eigenvalue weighted by molar-refractivity contribution is 5.97. The third kappa shape index (κ3) is 3.71. The van der Waals surface area contributed by atoms with Crippen LogP contribution >= 0.6 is 0 Å². The minimum atomic E-state index is 0.0719. The zero-order chi connectivity index (χ0) is 13.7. The van der Waals surface area contributed by atoms with Gasteiger partial charge in [0.2, 0.25) is 5.91 Å². The fourth-order valence-electron chi connectivity index (χ4n) is 2.13. The molecule has 19 heavy (non-hydrogen) atoms. The van der Waals surface area contributed by atoms with Crippen molar-refractivity contribution in [1.82, 2.24) is 5.32 Å². The van der Waals surface area contributed by atoms with Crippen LogP contribution < -0.4 is 11.1 Å². The molecule has 0 bridgehead atoms. The molecule has 0 aliphatic heterocycles. The van der Waals surface area contributed by atoms with Crippen molar-refractivity contribution in [1.29, 1.82) is 0 Å². The Bertz CT molecular complexity index is 481. The summed E-state index contributed by atoms with van der Waals surface area (Å²) in [6.07, 6.45) is 4.22. The Balaban J connectivity index is 1.86. The molecule has 1 aromatic carbocycles. The van der Waals surface area contributed by atoms with Crippen molar-refractivity contribution in [3.63, 3.8) is 0 Å². The molecule has 0 radical (unpaired) electrons. The lowest BCUT2D eigenvalue weighted by atomic mass is 9.83. The number of amides is 1. The van der Waals surface area contributed by atoms with Crippen LogP contribution in [0.4, 0.5) is 0 Å². The molecule has 1 aliphatic rings. The molecule has 0 aromatic heterocycles. The smallest absolute Gasteiger partial charge is 0.220 e. The largest absolute Gasteiger partial charge is 0.409 e. The second-order valence-corrected chi connectivity index (χ2v) is 4.96. The first-order chi connectivity index (χ1) is 9.19. The fourth-order valence-corrected chi connectivity index (χ4v) is 2.13. The van der Waals surface area contributed by atoms with E-state index in [0.717, 1.165) is 5.56 Å². The maximum Gasteiger partial charge on any atom is 0.220 e. The van der Waals surface area contributed by atoms with Crippen LogP contribution in [-0.4, -0.2) is 17.0 Å². The summed E-state index contributed by atoms with van der Waals surface area (Å²) in [5, 5.41) is 14.5. The van der Waals surface area contributed by atoms with E-state index in [9.17, 15) is 4.79 Å². The number of benzene rings is 1. The molecule has 2 rings (SSSR count). The first kappa shape index (κ1) is 13.4. The van der Waals surface area contributed by atoms with Crippen LogP contribution in [0.1, 0.15) is 36.8 Å². The van der Waals surface area contributed by atoms with E-state index in [-0.39, 0.29) is 11.7 Å². The molecule has 1 aromatic rings. The zero-order valence-electron chi connectivity index (χ0n) is 10.8. The minimum Gasteiger partial charge on any atom is -0.409 e. The molecular weight excluding hydrogens is 242 g/mol. The number of rotatable bonds is 5. The van der Waals surface area contributed by atoms with E-state index in [4.69, 9.17) is 10.9 Å². The van der Waals surface area contributed by atoms with Gasteiger partial charge in [-0.2, -0.15) is 0 Å². The molecule has 0 saturated heterocycles. The Hall–Kier alpha value is -2.04.